The summed E-state index contributed by atoms with van der Waals surface area (Å²) in [7, 11) is 1.25. The molecule has 0 spiro atoms. The van der Waals surface area contributed by atoms with Gasteiger partial charge in [0.1, 0.15) is 0 Å². The molecule has 0 heterocycles. The highest BCUT2D eigenvalue weighted by Crippen LogP contribution is 2.37. The summed E-state index contributed by atoms with van der Waals surface area (Å²) in [5.41, 5.74) is 2.43. The van der Waals surface area contributed by atoms with Crippen LogP contribution < -0.4 is 5.73 Å². The van der Waals surface area contributed by atoms with E-state index in [2.05, 4.69) is 4.74 Å². The van der Waals surface area contributed by atoms with E-state index in [4.69, 9.17) is 5.73 Å². The minimum Gasteiger partial charge on any atom is -0.383 e. The summed E-state index contributed by atoms with van der Waals surface area (Å²) < 4.78 is 79.9. The van der Waals surface area contributed by atoms with Gasteiger partial charge in [0.05, 0.1) is 23.8 Å². The monoisotopic (exact) mass is 287 g/mol. The molecule has 0 saturated heterocycles. The van der Waals surface area contributed by atoms with Gasteiger partial charge in [0, 0.05) is 7.11 Å². The molecule has 1 atom stereocenters. The highest BCUT2D eigenvalue weighted by molar-refractivity contribution is 5.35. The summed E-state index contributed by atoms with van der Waals surface area (Å²) in [6, 6.07) is 0.189. The number of methoxy groups -OCH3 is 1. The fourth-order valence-corrected chi connectivity index (χ4v) is 1.47. The highest BCUT2D eigenvalue weighted by Gasteiger charge is 2.37. The second kappa shape index (κ2) is 5.38. The molecule has 1 aromatic rings. The lowest BCUT2D eigenvalue weighted by Gasteiger charge is -2.17. The minimum atomic E-state index is -4.87. The Morgan fingerprint density at radius 2 is 1.42 bits per heavy atom. The van der Waals surface area contributed by atoms with Gasteiger partial charge in [-0.25, -0.2) is 0 Å². The molecule has 108 valence electrons. The zero-order chi connectivity index (χ0) is 14.8. The summed E-state index contributed by atoms with van der Waals surface area (Å²) >= 11 is 0. The van der Waals surface area contributed by atoms with Crippen molar-refractivity contribution in [3.63, 3.8) is 0 Å². The van der Waals surface area contributed by atoms with E-state index in [9.17, 15) is 26.3 Å². The van der Waals surface area contributed by atoms with E-state index in [0.717, 1.165) is 0 Å². The van der Waals surface area contributed by atoms with Crippen molar-refractivity contribution < 1.29 is 31.1 Å². The van der Waals surface area contributed by atoms with Crippen LogP contribution in [0.4, 0.5) is 26.3 Å². The Bertz CT molecular complexity index is 408. The van der Waals surface area contributed by atoms with Gasteiger partial charge in [-0.3, -0.25) is 0 Å². The molecular weight excluding hydrogens is 276 g/mol. The quantitative estimate of drug-likeness (QED) is 0.865. The number of alkyl halides is 6. The molecule has 0 aliphatic heterocycles. The summed E-state index contributed by atoms with van der Waals surface area (Å²) in [5.74, 6) is 0. The number of hydrogen-bond acceptors (Lipinski definition) is 2. The van der Waals surface area contributed by atoms with Crippen molar-refractivity contribution >= 4 is 0 Å². The third-order valence-corrected chi connectivity index (χ3v) is 2.38. The van der Waals surface area contributed by atoms with Gasteiger partial charge in [-0.1, -0.05) is 0 Å². The van der Waals surface area contributed by atoms with Crippen molar-refractivity contribution in [1.29, 1.82) is 0 Å². The van der Waals surface area contributed by atoms with Gasteiger partial charge < -0.3 is 10.5 Å². The Kier molecular flexibility index (Phi) is 4.46. The van der Waals surface area contributed by atoms with E-state index in [-0.39, 0.29) is 18.2 Å². The van der Waals surface area contributed by atoms with E-state index in [1.165, 1.54) is 7.11 Å². The summed E-state index contributed by atoms with van der Waals surface area (Å²) in [6.07, 6.45) is -9.74. The first-order chi connectivity index (χ1) is 8.55. The second-order valence-electron chi connectivity index (χ2n) is 3.90. The fraction of sp³-hybridized carbons (Fsp3) is 0.455. The molecule has 0 aliphatic rings. The predicted molar refractivity (Wildman–Crippen MR) is 55.3 cm³/mol. The van der Waals surface area contributed by atoms with E-state index < -0.39 is 29.5 Å². The molecule has 0 bridgehead atoms. The summed E-state index contributed by atoms with van der Waals surface area (Å²) in [5, 5.41) is 0. The lowest BCUT2D eigenvalue weighted by atomic mass is 10.0. The first-order valence-electron chi connectivity index (χ1n) is 5.09. The van der Waals surface area contributed by atoms with Crippen LogP contribution in [0.15, 0.2) is 18.2 Å². The van der Waals surface area contributed by atoms with Gasteiger partial charge in [0.25, 0.3) is 0 Å². The zero-order valence-electron chi connectivity index (χ0n) is 9.77. The van der Waals surface area contributed by atoms with Crippen molar-refractivity contribution in [3.8, 4) is 0 Å². The van der Waals surface area contributed by atoms with Crippen molar-refractivity contribution in [2.45, 2.75) is 18.4 Å². The van der Waals surface area contributed by atoms with Gasteiger partial charge in [0.15, 0.2) is 0 Å². The van der Waals surface area contributed by atoms with Crippen LogP contribution in [0.5, 0.6) is 0 Å². The number of benzene rings is 1. The number of halogens is 6. The summed E-state index contributed by atoms with van der Waals surface area (Å²) in [4.78, 5) is 0. The molecule has 0 aromatic heterocycles. The average Bonchev–Trinajstić information content (AvgIpc) is 2.26. The average molecular weight is 287 g/mol. The van der Waals surface area contributed by atoms with Gasteiger partial charge >= 0.3 is 12.4 Å². The number of hydrogen-bond donors (Lipinski definition) is 1. The SMILES string of the molecule is COC[C@@H](N)c1cc(C(F)(F)F)cc(C(F)(F)F)c1. The molecule has 0 fully saturated rings. The molecular formula is C11H11F6NO. The number of rotatable bonds is 3. The molecule has 1 rings (SSSR count). The molecule has 0 saturated carbocycles. The van der Waals surface area contributed by atoms with Crippen LogP contribution in [0.25, 0.3) is 0 Å². The van der Waals surface area contributed by atoms with Gasteiger partial charge in [-0.15, -0.1) is 0 Å². The molecule has 0 amide bonds. The first-order valence-corrected chi connectivity index (χ1v) is 5.09. The van der Waals surface area contributed by atoms with Crippen molar-refractivity contribution in [2.24, 2.45) is 5.73 Å². The van der Waals surface area contributed by atoms with Crippen LogP contribution in [0.3, 0.4) is 0 Å². The van der Waals surface area contributed by atoms with E-state index in [1.807, 2.05) is 0 Å². The normalized spacial score (nSPS) is 14.5. The predicted octanol–water partition coefficient (Wildman–Crippen LogP) is 3.37. The first kappa shape index (κ1) is 15.8. The van der Waals surface area contributed by atoms with Gasteiger partial charge in [0.2, 0.25) is 0 Å². The fourth-order valence-electron chi connectivity index (χ4n) is 1.47. The maximum Gasteiger partial charge on any atom is 0.416 e. The molecule has 19 heavy (non-hydrogen) atoms. The van der Waals surface area contributed by atoms with Crippen LogP contribution in [0, 0.1) is 0 Å². The molecule has 2 nitrogen and oxygen atoms in total. The van der Waals surface area contributed by atoms with Crippen LogP contribution in [0.2, 0.25) is 0 Å². The Hall–Kier alpha value is -1.28. The lowest BCUT2D eigenvalue weighted by molar-refractivity contribution is -0.143. The molecule has 0 radical (unpaired) electrons. The topological polar surface area (TPSA) is 35.2 Å². The van der Waals surface area contributed by atoms with Crippen molar-refractivity contribution in [2.75, 3.05) is 13.7 Å². The molecule has 1 aromatic carbocycles. The number of ether oxygens (including phenoxy) is 1. The Labute approximate surface area is 105 Å². The van der Waals surface area contributed by atoms with E-state index in [1.54, 1.807) is 0 Å². The highest BCUT2D eigenvalue weighted by atomic mass is 19.4. The zero-order valence-corrected chi connectivity index (χ0v) is 9.77. The Morgan fingerprint density at radius 1 is 1.00 bits per heavy atom. The standard InChI is InChI=1S/C11H11F6NO/c1-19-5-9(18)6-2-7(10(12,13)14)4-8(3-6)11(15,16)17/h2-4,9H,5,18H2,1H3/t9-/m1/s1. The van der Waals surface area contributed by atoms with Gasteiger partial charge in [-0.2, -0.15) is 26.3 Å². The molecule has 8 heteroatoms. The second-order valence-corrected chi connectivity index (χ2v) is 3.90. The smallest absolute Gasteiger partial charge is 0.383 e. The lowest BCUT2D eigenvalue weighted by Crippen LogP contribution is -2.19. The van der Waals surface area contributed by atoms with E-state index >= 15 is 0 Å². The van der Waals surface area contributed by atoms with Crippen LogP contribution in [0.1, 0.15) is 22.7 Å². The van der Waals surface area contributed by atoms with E-state index in [0.29, 0.717) is 12.1 Å². The third kappa shape index (κ3) is 4.10. The van der Waals surface area contributed by atoms with Crippen LogP contribution in [-0.4, -0.2) is 13.7 Å². The molecule has 0 unspecified atom stereocenters. The van der Waals surface area contributed by atoms with Gasteiger partial charge in [-0.05, 0) is 23.8 Å². The van der Waals surface area contributed by atoms with Crippen LogP contribution >= 0.6 is 0 Å². The summed E-state index contributed by atoms with van der Waals surface area (Å²) in [6.45, 7) is -0.182. The third-order valence-electron chi connectivity index (χ3n) is 2.38. The minimum absolute atomic E-state index is 0.0586. The van der Waals surface area contributed by atoms with Crippen molar-refractivity contribution in [3.05, 3.63) is 34.9 Å². The maximum absolute atomic E-state index is 12.5. The molecule has 2 N–H and O–H groups in total. The number of nitrogens with two attached hydrogens (primary N) is 1. The van der Waals surface area contributed by atoms with Crippen LogP contribution in [-0.2, 0) is 17.1 Å². The molecule has 0 aliphatic carbocycles. The van der Waals surface area contributed by atoms with Crippen molar-refractivity contribution in [1.82, 2.24) is 0 Å². The maximum atomic E-state index is 12.5. The largest absolute Gasteiger partial charge is 0.416 e. The Morgan fingerprint density at radius 3 is 1.74 bits per heavy atom. The Balaban J connectivity index is 3.33.